The van der Waals surface area contributed by atoms with Crippen LogP contribution in [0.25, 0.3) is 0 Å². The molecule has 1 aromatic heterocycles. The molecule has 1 heterocycles. The number of nitrogens with zero attached hydrogens (tertiary/aromatic N) is 2. The van der Waals surface area contributed by atoms with E-state index in [4.69, 9.17) is 16.6 Å². The number of nitrogens with two attached hydrogens (primary N) is 2. The van der Waals surface area contributed by atoms with Gasteiger partial charge in [-0.1, -0.05) is 6.42 Å². The second kappa shape index (κ2) is 9.37. The van der Waals surface area contributed by atoms with Crippen LogP contribution in [0.15, 0.2) is 17.5 Å². The Labute approximate surface area is 128 Å². The number of aromatic nitrogens is 2. The molecule has 7 N–H and O–H groups in total. The number of rotatable bonds is 10. The molecule has 0 spiro atoms. The minimum Gasteiger partial charge on any atom is -0.480 e. The summed E-state index contributed by atoms with van der Waals surface area (Å²) in [7, 11) is 0. The van der Waals surface area contributed by atoms with Gasteiger partial charge in [-0.3, -0.25) is 9.79 Å². The number of H-pyrrole nitrogens is 1. The van der Waals surface area contributed by atoms with Crippen molar-refractivity contribution in [3.8, 4) is 0 Å². The van der Waals surface area contributed by atoms with Crippen LogP contribution in [0.1, 0.15) is 31.4 Å². The van der Waals surface area contributed by atoms with Gasteiger partial charge in [0.15, 0.2) is 5.96 Å². The van der Waals surface area contributed by atoms with Crippen LogP contribution in [-0.4, -0.2) is 45.5 Å². The summed E-state index contributed by atoms with van der Waals surface area (Å²) >= 11 is 0. The van der Waals surface area contributed by atoms with Crippen LogP contribution in [0.5, 0.6) is 0 Å². The zero-order valence-electron chi connectivity index (χ0n) is 12.3. The van der Waals surface area contributed by atoms with Crippen LogP contribution in [0, 0.1) is 0 Å². The summed E-state index contributed by atoms with van der Waals surface area (Å²) in [5.41, 5.74) is 11.0. The third-order valence-corrected chi connectivity index (χ3v) is 2.97. The molecule has 9 nitrogen and oxygen atoms in total. The lowest BCUT2D eigenvalue weighted by atomic mass is 10.1. The molecular weight excluding hydrogens is 288 g/mol. The maximum atomic E-state index is 11.8. The van der Waals surface area contributed by atoms with Gasteiger partial charge in [-0.2, -0.15) is 0 Å². The molecule has 1 aromatic rings. The molecule has 22 heavy (non-hydrogen) atoms. The number of carbonyl (C=O) groups is 2. The molecule has 1 rings (SSSR count). The van der Waals surface area contributed by atoms with Crippen molar-refractivity contribution in [1.82, 2.24) is 15.3 Å². The van der Waals surface area contributed by atoms with Crippen molar-refractivity contribution < 1.29 is 14.7 Å². The monoisotopic (exact) mass is 310 g/mol. The number of aromatic amines is 1. The average Bonchev–Trinajstić information content (AvgIpc) is 2.94. The molecule has 0 saturated heterocycles. The molecular formula is C13H22N6O3. The standard InChI is InChI=1S/C13H22N6O3/c14-13(15)17-5-3-1-2-4-11(20)19-10(12(21)22)6-9-7-16-8-18-9/h7-8,10H,1-6H2,(H,16,18)(H,19,20)(H,21,22)(H4,14,15,17)/t10-/m0/s1. The number of guanidine groups is 1. The Bertz CT molecular complexity index is 496. The first kappa shape index (κ1) is 17.5. The number of unbranched alkanes of at least 4 members (excludes halogenated alkanes) is 2. The highest BCUT2D eigenvalue weighted by Gasteiger charge is 2.20. The lowest BCUT2D eigenvalue weighted by Gasteiger charge is -2.13. The van der Waals surface area contributed by atoms with Crippen LogP contribution >= 0.6 is 0 Å². The maximum Gasteiger partial charge on any atom is 0.326 e. The number of hydrogen-bond donors (Lipinski definition) is 5. The van der Waals surface area contributed by atoms with E-state index in [1.807, 2.05) is 0 Å². The van der Waals surface area contributed by atoms with E-state index >= 15 is 0 Å². The molecule has 1 amide bonds. The van der Waals surface area contributed by atoms with Gasteiger partial charge in [-0.25, -0.2) is 9.78 Å². The van der Waals surface area contributed by atoms with Crippen LogP contribution < -0.4 is 16.8 Å². The lowest BCUT2D eigenvalue weighted by Crippen LogP contribution is -2.42. The van der Waals surface area contributed by atoms with Crippen LogP contribution in [0.2, 0.25) is 0 Å². The Morgan fingerprint density at radius 1 is 1.36 bits per heavy atom. The fraction of sp³-hybridized carbons (Fsp3) is 0.538. The Kier molecular flexibility index (Phi) is 7.44. The van der Waals surface area contributed by atoms with Gasteiger partial charge in [0.2, 0.25) is 5.91 Å². The summed E-state index contributed by atoms with van der Waals surface area (Å²) in [6.45, 7) is 0.529. The third-order valence-electron chi connectivity index (χ3n) is 2.97. The van der Waals surface area contributed by atoms with E-state index < -0.39 is 12.0 Å². The van der Waals surface area contributed by atoms with Gasteiger partial charge in [-0.05, 0) is 12.8 Å². The molecule has 0 saturated carbocycles. The molecule has 1 atom stereocenters. The van der Waals surface area contributed by atoms with Crippen LogP contribution in [0.3, 0.4) is 0 Å². The van der Waals surface area contributed by atoms with Crippen molar-refractivity contribution >= 4 is 17.8 Å². The normalized spacial score (nSPS) is 11.6. The summed E-state index contributed by atoms with van der Waals surface area (Å²) < 4.78 is 0. The zero-order valence-corrected chi connectivity index (χ0v) is 12.3. The van der Waals surface area contributed by atoms with Crippen molar-refractivity contribution in [3.63, 3.8) is 0 Å². The molecule has 0 fully saturated rings. The van der Waals surface area contributed by atoms with Gasteiger partial charge in [-0.15, -0.1) is 0 Å². The zero-order chi connectivity index (χ0) is 16.4. The first-order valence-electron chi connectivity index (χ1n) is 7.04. The average molecular weight is 310 g/mol. The largest absolute Gasteiger partial charge is 0.480 e. The second-order valence-electron chi connectivity index (χ2n) is 4.86. The first-order chi connectivity index (χ1) is 10.5. The maximum absolute atomic E-state index is 11.8. The van der Waals surface area contributed by atoms with E-state index in [9.17, 15) is 9.59 Å². The van der Waals surface area contributed by atoms with E-state index in [1.165, 1.54) is 12.5 Å². The Morgan fingerprint density at radius 2 is 2.14 bits per heavy atom. The molecule has 0 aliphatic rings. The smallest absolute Gasteiger partial charge is 0.326 e. The van der Waals surface area contributed by atoms with Crippen molar-refractivity contribution in [2.75, 3.05) is 6.54 Å². The number of aliphatic carboxylic acids is 1. The molecule has 0 radical (unpaired) electrons. The van der Waals surface area contributed by atoms with Crippen molar-refractivity contribution in [2.24, 2.45) is 16.5 Å². The van der Waals surface area contributed by atoms with Gasteiger partial charge in [0.25, 0.3) is 0 Å². The summed E-state index contributed by atoms with van der Waals surface area (Å²) in [5.74, 6) is -1.30. The van der Waals surface area contributed by atoms with E-state index in [-0.39, 0.29) is 24.7 Å². The Morgan fingerprint density at radius 3 is 2.73 bits per heavy atom. The predicted octanol–water partition coefficient (Wildman–Crippen LogP) is -0.645. The second-order valence-corrected chi connectivity index (χ2v) is 4.86. The highest BCUT2D eigenvalue weighted by atomic mass is 16.4. The van der Waals surface area contributed by atoms with Crippen molar-refractivity contribution in [3.05, 3.63) is 18.2 Å². The number of carboxylic acids is 1. The van der Waals surface area contributed by atoms with Gasteiger partial charge < -0.3 is 26.9 Å². The first-order valence-corrected chi connectivity index (χ1v) is 7.04. The highest BCUT2D eigenvalue weighted by molar-refractivity contribution is 5.83. The fourth-order valence-corrected chi connectivity index (χ4v) is 1.87. The fourth-order valence-electron chi connectivity index (χ4n) is 1.87. The van der Waals surface area contributed by atoms with Crippen molar-refractivity contribution in [1.29, 1.82) is 0 Å². The SMILES string of the molecule is NC(N)=NCCCCCC(=O)N[C@@H](Cc1cnc[nH]1)C(=O)O. The van der Waals surface area contributed by atoms with Gasteiger partial charge in [0.05, 0.1) is 6.33 Å². The number of hydrogen-bond acceptors (Lipinski definition) is 4. The quantitative estimate of drug-likeness (QED) is 0.219. The third kappa shape index (κ3) is 7.27. The Hall–Kier alpha value is -2.58. The molecule has 0 aromatic carbocycles. The van der Waals surface area contributed by atoms with E-state index in [0.29, 0.717) is 18.7 Å². The molecule has 9 heteroatoms. The van der Waals surface area contributed by atoms with Crippen LogP contribution in [0.4, 0.5) is 0 Å². The molecule has 0 aliphatic carbocycles. The molecule has 0 bridgehead atoms. The summed E-state index contributed by atoms with van der Waals surface area (Å²) in [5, 5.41) is 11.6. The lowest BCUT2D eigenvalue weighted by molar-refractivity contribution is -0.141. The van der Waals surface area contributed by atoms with E-state index in [2.05, 4.69) is 20.3 Å². The molecule has 0 aliphatic heterocycles. The minimum absolute atomic E-state index is 0.0563. The number of carboxylic acid groups (broad SMARTS) is 1. The van der Waals surface area contributed by atoms with Crippen LogP contribution in [-0.2, 0) is 16.0 Å². The topological polar surface area (TPSA) is 159 Å². The predicted molar refractivity (Wildman–Crippen MR) is 81.0 cm³/mol. The number of aliphatic imine (C=N–C) groups is 1. The van der Waals surface area contributed by atoms with Crippen molar-refractivity contribution in [2.45, 2.75) is 38.1 Å². The van der Waals surface area contributed by atoms with Gasteiger partial charge >= 0.3 is 5.97 Å². The highest BCUT2D eigenvalue weighted by Crippen LogP contribution is 2.03. The van der Waals surface area contributed by atoms with Gasteiger partial charge in [0.1, 0.15) is 6.04 Å². The van der Waals surface area contributed by atoms with E-state index in [0.717, 1.165) is 12.8 Å². The summed E-state index contributed by atoms with van der Waals surface area (Å²) in [6.07, 6.45) is 5.67. The molecule has 0 unspecified atom stereocenters. The number of nitrogens with one attached hydrogen (secondary N) is 2. The Balaban J connectivity index is 2.26. The minimum atomic E-state index is -1.07. The number of carbonyl (C=O) groups excluding carboxylic acids is 1. The summed E-state index contributed by atoms with van der Waals surface area (Å²) in [4.78, 5) is 33.4. The molecule has 122 valence electrons. The number of imidazole rings is 1. The van der Waals surface area contributed by atoms with E-state index in [1.54, 1.807) is 0 Å². The number of amides is 1. The van der Waals surface area contributed by atoms with Gasteiger partial charge in [0, 0.05) is 31.3 Å². The summed E-state index contributed by atoms with van der Waals surface area (Å²) in [6, 6.07) is -0.963.